The molecule has 1 aliphatic rings. The molecule has 0 radical (unpaired) electrons. The highest BCUT2D eigenvalue weighted by atomic mass is 35.5. The lowest BCUT2D eigenvalue weighted by molar-refractivity contribution is 0.0434. The van der Waals surface area contributed by atoms with Gasteiger partial charge in [-0.25, -0.2) is 0 Å². The van der Waals surface area contributed by atoms with E-state index in [0.29, 0.717) is 0 Å². The number of hydrogen-bond acceptors (Lipinski definition) is 3. The van der Waals surface area contributed by atoms with E-state index in [1.807, 2.05) is 18.2 Å². The molecule has 1 unspecified atom stereocenters. The Morgan fingerprint density at radius 1 is 1.33 bits per heavy atom. The van der Waals surface area contributed by atoms with Crippen molar-refractivity contribution in [3.05, 3.63) is 34.9 Å². The minimum absolute atomic E-state index is 0.112. The van der Waals surface area contributed by atoms with Crippen molar-refractivity contribution in [2.45, 2.75) is 50.6 Å². The SMILES string of the molecule is CC1CCC(C(Cc2ccccc2Cl)NN)(N(C)C)CC1. The van der Waals surface area contributed by atoms with E-state index in [2.05, 4.69) is 37.4 Å². The molecule has 4 heteroatoms. The maximum Gasteiger partial charge on any atom is 0.0438 e. The van der Waals surface area contributed by atoms with Crippen LogP contribution >= 0.6 is 11.6 Å². The molecule has 1 aromatic carbocycles. The van der Waals surface area contributed by atoms with E-state index in [1.165, 1.54) is 31.2 Å². The Balaban J connectivity index is 2.23. The number of hydrogen-bond donors (Lipinski definition) is 2. The summed E-state index contributed by atoms with van der Waals surface area (Å²) >= 11 is 6.33. The number of nitrogens with one attached hydrogen (secondary N) is 1. The highest BCUT2D eigenvalue weighted by Crippen LogP contribution is 2.38. The smallest absolute Gasteiger partial charge is 0.0438 e. The van der Waals surface area contributed by atoms with Gasteiger partial charge in [0, 0.05) is 16.6 Å². The molecule has 1 aliphatic carbocycles. The number of nitrogens with zero attached hydrogens (tertiary/aromatic N) is 1. The van der Waals surface area contributed by atoms with Gasteiger partial charge in [0.15, 0.2) is 0 Å². The number of rotatable bonds is 5. The second kappa shape index (κ2) is 7.10. The first kappa shape index (κ1) is 16.8. The topological polar surface area (TPSA) is 41.3 Å². The summed E-state index contributed by atoms with van der Waals surface area (Å²) in [5, 5.41) is 0.829. The number of likely N-dealkylation sites (N-methyl/N-ethyl adjacent to an activating group) is 1. The molecule has 0 aromatic heterocycles. The molecule has 1 aromatic rings. The first-order chi connectivity index (χ1) is 9.99. The van der Waals surface area contributed by atoms with Crippen molar-refractivity contribution >= 4 is 11.6 Å². The van der Waals surface area contributed by atoms with Crippen molar-refractivity contribution in [2.75, 3.05) is 14.1 Å². The Hall–Kier alpha value is -0.610. The zero-order valence-corrected chi connectivity index (χ0v) is 14.2. The molecule has 0 spiro atoms. The molecule has 0 saturated heterocycles. The molecule has 21 heavy (non-hydrogen) atoms. The summed E-state index contributed by atoms with van der Waals surface area (Å²) in [4.78, 5) is 2.36. The summed E-state index contributed by atoms with van der Waals surface area (Å²) in [6.45, 7) is 2.35. The Bertz CT molecular complexity index is 453. The van der Waals surface area contributed by atoms with Gasteiger partial charge in [-0.05, 0) is 63.7 Å². The summed E-state index contributed by atoms with van der Waals surface area (Å²) in [5.74, 6) is 6.76. The first-order valence-electron chi connectivity index (χ1n) is 7.86. The highest BCUT2D eigenvalue weighted by Gasteiger charge is 2.42. The third-order valence-electron chi connectivity index (χ3n) is 5.26. The van der Waals surface area contributed by atoms with Gasteiger partial charge < -0.3 is 4.90 Å². The molecule has 1 fully saturated rings. The van der Waals surface area contributed by atoms with Crippen molar-refractivity contribution in [2.24, 2.45) is 11.8 Å². The van der Waals surface area contributed by atoms with E-state index in [1.54, 1.807) is 0 Å². The standard InChI is InChI=1S/C17H28ClN3/c1-13-8-10-17(11-9-13,21(2)3)16(20-19)12-14-6-4-5-7-15(14)18/h4-7,13,16,20H,8-12,19H2,1-3H3. The number of halogens is 1. The van der Waals surface area contributed by atoms with Crippen LogP contribution in [0, 0.1) is 5.92 Å². The zero-order valence-electron chi connectivity index (χ0n) is 13.4. The van der Waals surface area contributed by atoms with Gasteiger partial charge in [-0.2, -0.15) is 0 Å². The van der Waals surface area contributed by atoms with Gasteiger partial charge >= 0.3 is 0 Å². The number of benzene rings is 1. The van der Waals surface area contributed by atoms with Crippen LogP contribution < -0.4 is 11.3 Å². The van der Waals surface area contributed by atoms with Crippen molar-refractivity contribution in [3.63, 3.8) is 0 Å². The number of hydrazine groups is 1. The summed E-state index contributed by atoms with van der Waals surface area (Å²) < 4.78 is 0. The largest absolute Gasteiger partial charge is 0.302 e. The highest BCUT2D eigenvalue weighted by molar-refractivity contribution is 6.31. The Kier molecular flexibility index (Phi) is 5.67. The van der Waals surface area contributed by atoms with Gasteiger partial charge in [-0.1, -0.05) is 36.7 Å². The minimum atomic E-state index is 0.112. The van der Waals surface area contributed by atoms with Crippen LogP contribution in [0.15, 0.2) is 24.3 Å². The van der Waals surface area contributed by atoms with E-state index in [9.17, 15) is 0 Å². The fraction of sp³-hybridized carbons (Fsp3) is 0.647. The zero-order chi connectivity index (χ0) is 15.5. The minimum Gasteiger partial charge on any atom is -0.302 e. The fourth-order valence-corrected chi connectivity index (χ4v) is 3.87. The first-order valence-corrected chi connectivity index (χ1v) is 8.24. The molecule has 0 bridgehead atoms. The Morgan fingerprint density at radius 2 is 1.95 bits per heavy atom. The van der Waals surface area contributed by atoms with E-state index in [4.69, 9.17) is 17.4 Å². The maximum absolute atomic E-state index is 6.33. The molecular weight excluding hydrogens is 282 g/mol. The lowest BCUT2D eigenvalue weighted by Crippen LogP contribution is -2.62. The molecule has 1 saturated carbocycles. The third-order valence-corrected chi connectivity index (χ3v) is 5.63. The van der Waals surface area contributed by atoms with Crippen LogP contribution in [0.2, 0.25) is 5.02 Å². The summed E-state index contributed by atoms with van der Waals surface area (Å²) in [6.07, 6.45) is 5.75. The molecule has 1 atom stereocenters. The molecule has 2 rings (SSSR count). The third kappa shape index (κ3) is 3.59. The van der Waals surface area contributed by atoms with E-state index >= 15 is 0 Å². The fourth-order valence-electron chi connectivity index (χ4n) is 3.66. The normalized spacial score (nSPS) is 27.8. The van der Waals surface area contributed by atoms with Gasteiger partial charge in [-0.15, -0.1) is 0 Å². The van der Waals surface area contributed by atoms with E-state index in [0.717, 1.165) is 17.4 Å². The van der Waals surface area contributed by atoms with Crippen LogP contribution in [0.25, 0.3) is 0 Å². The van der Waals surface area contributed by atoms with Gasteiger partial charge in [-0.3, -0.25) is 11.3 Å². The average Bonchev–Trinajstić information content (AvgIpc) is 2.47. The molecule has 3 N–H and O–H groups in total. The molecule has 3 nitrogen and oxygen atoms in total. The number of nitrogens with two attached hydrogens (primary N) is 1. The molecule has 0 aliphatic heterocycles. The molecular formula is C17H28ClN3. The quantitative estimate of drug-likeness (QED) is 0.648. The van der Waals surface area contributed by atoms with E-state index < -0.39 is 0 Å². The second-order valence-electron chi connectivity index (χ2n) is 6.70. The van der Waals surface area contributed by atoms with Gasteiger partial charge in [0.25, 0.3) is 0 Å². The lowest BCUT2D eigenvalue weighted by atomic mass is 9.71. The molecule has 118 valence electrons. The second-order valence-corrected chi connectivity index (χ2v) is 7.10. The monoisotopic (exact) mass is 309 g/mol. The van der Waals surface area contributed by atoms with Crippen molar-refractivity contribution < 1.29 is 0 Å². The molecule has 0 heterocycles. The maximum atomic E-state index is 6.33. The van der Waals surface area contributed by atoms with Crippen LogP contribution in [-0.2, 0) is 6.42 Å². The van der Waals surface area contributed by atoms with Gasteiger partial charge in [0.1, 0.15) is 0 Å². The van der Waals surface area contributed by atoms with E-state index in [-0.39, 0.29) is 11.6 Å². The lowest BCUT2D eigenvalue weighted by Gasteiger charge is -2.49. The average molecular weight is 310 g/mol. The van der Waals surface area contributed by atoms with Crippen molar-refractivity contribution in [1.29, 1.82) is 0 Å². The van der Waals surface area contributed by atoms with Gasteiger partial charge in [0.2, 0.25) is 0 Å². The van der Waals surface area contributed by atoms with Crippen LogP contribution in [0.1, 0.15) is 38.2 Å². The Morgan fingerprint density at radius 3 is 2.48 bits per heavy atom. The van der Waals surface area contributed by atoms with Crippen LogP contribution in [0.3, 0.4) is 0 Å². The van der Waals surface area contributed by atoms with Crippen molar-refractivity contribution in [3.8, 4) is 0 Å². The predicted molar refractivity (Wildman–Crippen MR) is 90.3 cm³/mol. The van der Waals surface area contributed by atoms with Crippen molar-refractivity contribution in [1.82, 2.24) is 10.3 Å². The van der Waals surface area contributed by atoms with Gasteiger partial charge in [0.05, 0.1) is 0 Å². The summed E-state index contributed by atoms with van der Waals surface area (Å²) in [6, 6.07) is 8.28. The van der Waals surface area contributed by atoms with Crippen LogP contribution in [0.5, 0.6) is 0 Å². The summed E-state index contributed by atoms with van der Waals surface area (Å²) in [5.41, 5.74) is 4.36. The summed E-state index contributed by atoms with van der Waals surface area (Å²) in [7, 11) is 4.35. The van der Waals surface area contributed by atoms with Crippen LogP contribution in [-0.4, -0.2) is 30.6 Å². The Labute approximate surface area is 133 Å². The van der Waals surface area contributed by atoms with Crippen LogP contribution in [0.4, 0.5) is 0 Å². The predicted octanol–water partition coefficient (Wildman–Crippen LogP) is 3.22. The molecule has 0 amide bonds.